The number of carbonyl (C=O) groups excluding carboxylic acids is 2. The van der Waals surface area contributed by atoms with Gasteiger partial charge in [-0.05, 0) is 62.1 Å². The van der Waals surface area contributed by atoms with Crippen LogP contribution in [-0.4, -0.2) is 67.1 Å². The summed E-state index contributed by atoms with van der Waals surface area (Å²) in [6.07, 6.45) is 5.08. The first-order valence-electron chi connectivity index (χ1n) is 11.9. The highest BCUT2D eigenvalue weighted by Gasteiger charge is 2.35. The Kier molecular flexibility index (Phi) is 6.17. The van der Waals surface area contributed by atoms with Gasteiger partial charge in [0.25, 0.3) is 0 Å². The van der Waals surface area contributed by atoms with Gasteiger partial charge in [-0.15, -0.1) is 0 Å². The van der Waals surface area contributed by atoms with Crippen molar-refractivity contribution in [2.24, 2.45) is 0 Å². The minimum Gasteiger partial charge on any atom is -0.462 e. The number of carbonyl (C=O) groups is 2. The van der Waals surface area contributed by atoms with Gasteiger partial charge in [0.2, 0.25) is 5.91 Å². The number of amides is 1. The Morgan fingerprint density at radius 1 is 1.12 bits per heavy atom. The van der Waals surface area contributed by atoms with E-state index >= 15 is 0 Å². The third-order valence-electron chi connectivity index (χ3n) is 6.78. The Labute approximate surface area is 194 Å². The lowest BCUT2D eigenvalue weighted by Crippen LogP contribution is -2.51. The van der Waals surface area contributed by atoms with Crippen molar-refractivity contribution in [3.8, 4) is 0 Å². The number of nitrogens with zero attached hydrogens (tertiary/aromatic N) is 4. The standard InChI is InChI=1S/C25H31N5O3/c1-2-33-25(32)19-6-8-20(9-7-19)29-13-11-28(12-14-29)17-18-15-21-23(26-16-18)30-10-4-3-5-22(30)24(31)27-21/h6-9,15-16,22H,2-5,10-14,17H2,1H3,(H,27,31). The van der Waals surface area contributed by atoms with E-state index in [2.05, 4.69) is 26.1 Å². The maximum atomic E-state index is 12.5. The van der Waals surface area contributed by atoms with Crippen LogP contribution in [0, 0.1) is 0 Å². The van der Waals surface area contributed by atoms with Crippen LogP contribution in [0.3, 0.4) is 0 Å². The molecule has 4 heterocycles. The Morgan fingerprint density at radius 2 is 1.91 bits per heavy atom. The van der Waals surface area contributed by atoms with Gasteiger partial charge in [0, 0.05) is 51.2 Å². The molecule has 1 unspecified atom stereocenters. The van der Waals surface area contributed by atoms with E-state index in [1.165, 1.54) is 0 Å². The van der Waals surface area contributed by atoms with Crippen molar-refractivity contribution >= 4 is 29.1 Å². The third-order valence-corrected chi connectivity index (χ3v) is 6.78. The van der Waals surface area contributed by atoms with Crippen LogP contribution in [0.2, 0.25) is 0 Å². The average Bonchev–Trinajstić information content (AvgIpc) is 2.85. The van der Waals surface area contributed by atoms with Crippen molar-refractivity contribution in [1.29, 1.82) is 0 Å². The van der Waals surface area contributed by atoms with Crippen LogP contribution < -0.4 is 15.1 Å². The second kappa shape index (κ2) is 9.39. The molecule has 1 amide bonds. The maximum absolute atomic E-state index is 12.5. The number of benzene rings is 1. The highest BCUT2D eigenvalue weighted by atomic mass is 16.5. The van der Waals surface area contributed by atoms with Crippen molar-refractivity contribution in [2.75, 3.05) is 54.4 Å². The fourth-order valence-electron chi connectivity index (χ4n) is 5.03. The van der Waals surface area contributed by atoms with Gasteiger partial charge in [-0.1, -0.05) is 0 Å². The molecule has 8 nitrogen and oxygen atoms in total. The Hall–Kier alpha value is -3.13. The Morgan fingerprint density at radius 3 is 2.67 bits per heavy atom. The van der Waals surface area contributed by atoms with Crippen LogP contribution in [0.5, 0.6) is 0 Å². The number of piperazine rings is 1. The van der Waals surface area contributed by atoms with Gasteiger partial charge in [-0.25, -0.2) is 9.78 Å². The van der Waals surface area contributed by atoms with Crippen molar-refractivity contribution in [1.82, 2.24) is 9.88 Å². The van der Waals surface area contributed by atoms with Gasteiger partial charge < -0.3 is 19.9 Å². The largest absolute Gasteiger partial charge is 0.462 e. The minimum absolute atomic E-state index is 0.0657. The summed E-state index contributed by atoms with van der Waals surface area (Å²) in [7, 11) is 0. The predicted molar refractivity (Wildman–Crippen MR) is 128 cm³/mol. The molecule has 3 aliphatic heterocycles. The molecular formula is C25H31N5O3. The van der Waals surface area contributed by atoms with E-state index < -0.39 is 0 Å². The van der Waals surface area contributed by atoms with Gasteiger partial charge in [-0.3, -0.25) is 9.69 Å². The van der Waals surface area contributed by atoms with Crippen molar-refractivity contribution < 1.29 is 14.3 Å². The van der Waals surface area contributed by atoms with Crippen molar-refractivity contribution in [3.63, 3.8) is 0 Å². The molecule has 1 atom stereocenters. The van der Waals surface area contributed by atoms with Crippen LogP contribution >= 0.6 is 0 Å². The molecule has 0 radical (unpaired) electrons. The monoisotopic (exact) mass is 449 g/mol. The van der Waals surface area contributed by atoms with Gasteiger partial charge >= 0.3 is 5.97 Å². The number of anilines is 3. The van der Waals surface area contributed by atoms with Gasteiger partial charge in [0.15, 0.2) is 5.82 Å². The highest BCUT2D eigenvalue weighted by Crippen LogP contribution is 2.34. The van der Waals surface area contributed by atoms with Crippen LogP contribution in [0.4, 0.5) is 17.2 Å². The summed E-state index contributed by atoms with van der Waals surface area (Å²) in [6.45, 7) is 7.63. The van der Waals surface area contributed by atoms with Crippen molar-refractivity contribution in [3.05, 3.63) is 47.7 Å². The van der Waals surface area contributed by atoms with Crippen LogP contribution in [0.1, 0.15) is 42.1 Å². The van der Waals surface area contributed by atoms with E-state index in [0.717, 1.165) is 81.3 Å². The summed E-state index contributed by atoms with van der Waals surface area (Å²) < 4.78 is 5.06. The Bertz CT molecular complexity index is 1020. The molecule has 1 aromatic carbocycles. The third kappa shape index (κ3) is 4.53. The molecule has 2 fully saturated rings. The normalized spacial score (nSPS) is 20.6. The van der Waals surface area contributed by atoms with Crippen LogP contribution in [0.15, 0.2) is 36.5 Å². The number of esters is 1. The summed E-state index contributed by atoms with van der Waals surface area (Å²) >= 11 is 0. The lowest BCUT2D eigenvalue weighted by molar-refractivity contribution is -0.118. The van der Waals surface area contributed by atoms with Gasteiger partial charge in [0.1, 0.15) is 6.04 Å². The zero-order chi connectivity index (χ0) is 22.8. The molecular weight excluding hydrogens is 418 g/mol. The topological polar surface area (TPSA) is 78.0 Å². The quantitative estimate of drug-likeness (QED) is 0.704. The molecule has 1 N–H and O–H groups in total. The summed E-state index contributed by atoms with van der Waals surface area (Å²) in [5.41, 5.74) is 3.67. The number of rotatable bonds is 5. The molecule has 174 valence electrons. The molecule has 3 aliphatic rings. The van der Waals surface area contributed by atoms with E-state index in [1.54, 1.807) is 0 Å². The molecule has 0 bridgehead atoms. The molecule has 2 aromatic rings. The number of ether oxygens (including phenoxy) is 1. The number of piperidine rings is 1. The predicted octanol–water partition coefficient (Wildman–Crippen LogP) is 2.89. The van der Waals surface area contributed by atoms with E-state index in [4.69, 9.17) is 9.72 Å². The first kappa shape index (κ1) is 21.7. The fraction of sp³-hybridized carbons (Fsp3) is 0.480. The number of hydrogen-bond acceptors (Lipinski definition) is 7. The Balaban J connectivity index is 1.18. The second-order valence-corrected chi connectivity index (χ2v) is 8.94. The summed E-state index contributed by atoms with van der Waals surface area (Å²) in [6, 6.07) is 9.67. The van der Waals surface area contributed by atoms with E-state index in [1.807, 2.05) is 37.4 Å². The molecule has 1 aromatic heterocycles. The molecule has 2 saturated heterocycles. The summed E-state index contributed by atoms with van der Waals surface area (Å²) in [5, 5.41) is 3.08. The number of aromatic nitrogens is 1. The molecule has 33 heavy (non-hydrogen) atoms. The summed E-state index contributed by atoms with van der Waals surface area (Å²) in [5.74, 6) is 0.738. The van der Waals surface area contributed by atoms with E-state index in [9.17, 15) is 9.59 Å². The number of nitrogens with one attached hydrogen (secondary N) is 1. The molecule has 0 spiro atoms. The molecule has 0 aliphatic carbocycles. The zero-order valence-electron chi connectivity index (χ0n) is 19.1. The smallest absolute Gasteiger partial charge is 0.338 e. The fourth-order valence-corrected chi connectivity index (χ4v) is 5.03. The van der Waals surface area contributed by atoms with E-state index in [0.29, 0.717) is 12.2 Å². The average molecular weight is 450 g/mol. The van der Waals surface area contributed by atoms with Crippen LogP contribution in [-0.2, 0) is 16.1 Å². The SMILES string of the molecule is CCOC(=O)c1ccc(N2CCN(Cc3cnc4c(c3)NC(=O)C3CCCCN43)CC2)cc1. The van der Waals surface area contributed by atoms with Crippen LogP contribution in [0.25, 0.3) is 0 Å². The molecule has 8 heteroatoms. The molecule has 5 rings (SSSR count). The summed E-state index contributed by atoms with van der Waals surface area (Å²) in [4.78, 5) is 36.1. The molecule has 0 saturated carbocycles. The number of hydrogen-bond donors (Lipinski definition) is 1. The minimum atomic E-state index is -0.278. The maximum Gasteiger partial charge on any atom is 0.338 e. The highest BCUT2D eigenvalue weighted by molar-refractivity contribution is 6.02. The lowest BCUT2D eigenvalue weighted by Gasteiger charge is -2.40. The van der Waals surface area contributed by atoms with Gasteiger partial charge in [0.05, 0.1) is 17.9 Å². The first-order chi connectivity index (χ1) is 16.1. The zero-order valence-corrected chi connectivity index (χ0v) is 19.1. The second-order valence-electron chi connectivity index (χ2n) is 8.94. The number of fused-ring (bicyclic) bond motifs is 3. The first-order valence-corrected chi connectivity index (χ1v) is 11.9. The van der Waals surface area contributed by atoms with E-state index in [-0.39, 0.29) is 17.9 Å². The number of pyridine rings is 1. The van der Waals surface area contributed by atoms with Crippen molar-refractivity contribution in [2.45, 2.75) is 38.8 Å². The lowest BCUT2D eigenvalue weighted by atomic mass is 9.99. The van der Waals surface area contributed by atoms with Gasteiger partial charge in [-0.2, -0.15) is 0 Å².